The number of rotatable bonds is 34. The zero-order valence-electron chi connectivity index (χ0n) is 41.0. The number of carbonyl (C=O) groups is 5. The highest BCUT2D eigenvalue weighted by molar-refractivity contribution is 5.95. The van der Waals surface area contributed by atoms with E-state index in [-0.39, 0.29) is 72.7 Å². The minimum Gasteiger partial charge on any atom is -0.462 e. The maximum absolute atomic E-state index is 14.0. The number of ketones is 3. The number of carbonyl (C=O) groups excluding carboxylic acids is 5. The third kappa shape index (κ3) is 15.6. The van der Waals surface area contributed by atoms with E-state index in [1.165, 1.54) is 64.2 Å². The van der Waals surface area contributed by atoms with E-state index in [2.05, 4.69) is 25.7 Å². The molecule has 0 bridgehead atoms. The molecule has 0 heterocycles. The molecule has 0 aromatic heterocycles. The van der Waals surface area contributed by atoms with Crippen molar-refractivity contribution in [1.82, 2.24) is 4.90 Å². The molecular weight excluding hydrogens is 807 g/mol. The van der Waals surface area contributed by atoms with Crippen molar-refractivity contribution in [1.29, 1.82) is 0 Å². The number of aliphatic hydroxyl groups excluding tert-OH is 1. The van der Waals surface area contributed by atoms with Crippen molar-refractivity contribution >= 4 is 29.3 Å². The quantitative estimate of drug-likeness (QED) is 0.0472. The summed E-state index contributed by atoms with van der Waals surface area (Å²) in [5, 5.41) is 21.4. The Labute approximate surface area is 388 Å². The molecular formula is C54H91NO9. The lowest BCUT2D eigenvalue weighted by atomic mass is 9.46. The molecule has 0 aliphatic heterocycles. The lowest BCUT2D eigenvalue weighted by molar-refractivity contribution is -0.173. The van der Waals surface area contributed by atoms with Crippen LogP contribution in [0.3, 0.4) is 0 Å². The van der Waals surface area contributed by atoms with Gasteiger partial charge in [0, 0.05) is 43.6 Å². The summed E-state index contributed by atoms with van der Waals surface area (Å²) in [6.45, 7) is 10.9. The van der Waals surface area contributed by atoms with Gasteiger partial charge in [0.05, 0.1) is 0 Å². The van der Waals surface area contributed by atoms with Crippen molar-refractivity contribution in [2.75, 3.05) is 32.8 Å². The third-order valence-corrected chi connectivity index (χ3v) is 16.3. The smallest absolute Gasteiger partial charge is 0.306 e. The van der Waals surface area contributed by atoms with Gasteiger partial charge in [-0.25, -0.2) is 0 Å². The molecule has 6 atom stereocenters. The molecule has 0 saturated heterocycles. The average molecular weight is 898 g/mol. The maximum Gasteiger partial charge on any atom is 0.306 e. The number of Topliss-reactive ketones (excluding diaryl/α,β-unsaturated/α-hetero) is 2. The zero-order valence-corrected chi connectivity index (χ0v) is 41.0. The third-order valence-electron chi connectivity index (χ3n) is 16.3. The Morgan fingerprint density at radius 1 is 0.719 bits per heavy atom. The number of fused-ring (bicyclic) bond motifs is 5. The number of hydrogen-bond donors (Lipinski definition) is 2. The summed E-state index contributed by atoms with van der Waals surface area (Å²) in [6, 6.07) is 0. The Bertz CT molecular complexity index is 1480. The van der Waals surface area contributed by atoms with Crippen LogP contribution in [0.25, 0.3) is 0 Å². The molecule has 6 unspecified atom stereocenters. The van der Waals surface area contributed by atoms with Gasteiger partial charge in [-0.3, -0.25) is 24.0 Å². The number of nitrogens with zero attached hydrogens (tertiary/aromatic N) is 1. The largest absolute Gasteiger partial charge is 0.462 e. The molecule has 4 rings (SSSR count). The van der Waals surface area contributed by atoms with E-state index in [1.807, 2.05) is 6.92 Å². The van der Waals surface area contributed by atoms with Crippen LogP contribution in [0.15, 0.2) is 11.6 Å². The van der Waals surface area contributed by atoms with Crippen LogP contribution in [0.5, 0.6) is 0 Å². The van der Waals surface area contributed by atoms with Gasteiger partial charge in [0.1, 0.15) is 17.5 Å². The predicted octanol–water partition coefficient (Wildman–Crippen LogP) is 11.1. The molecule has 10 nitrogen and oxygen atoms in total. The van der Waals surface area contributed by atoms with Crippen molar-refractivity contribution in [2.45, 2.75) is 238 Å². The SMILES string of the molecule is CCCCCCCCC(CCCCCCCC)OC(=O)CCCCCN(CCCCO)CCCCCC(=O)OCC(=O)C1(O)CCC2C3CCC4=CC(=O)CCC4(C)C3C(=O)CC21C. The minimum absolute atomic E-state index is 0.0136. The van der Waals surface area contributed by atoms with Crippen LogP contribution in [0, 0.1) is 28.6 Å². The van der Waals surface area contributed by atoms with Gasteiger partial charge < -0.3 is 24.6 Å². The van der Waals surface area contributed by atoms with E-state index in [4.69, 9.17) is 9.47 Å². The first-order valence-electron chi connectivity index (χ1n) is 26.5. The second kappa shape index (κ2) is 28.0. The van der Waals surface area contributed by atoms with Gasteiger partial charge >= 0.3 is 11.9 Å². The van der Waals surface area contributed by atoms with Gasteiger partial charge in [0.2, 0.25) is 5.78 Å². The molecule has 3 fully saturated rings. The molecule has 366 valence electrons. The first kappa shape index (κ1) is 54.2. The predicted molar refractivity (Wildman–Crippen MR) is 254 cm³/mol. The molecule has 3 saturated carbocycles. The Hall–Kier alpha value is -2.43. The molecule has 4 aliphatic carbocycles. The number of unbranched alkanes of at least 4 members (excludes halogenated alkanes) is 15. The standard InChI is InChI=1S/C54H91NO9/c1-5-7-9-11-13-17-25-44(26-18-14-12-10-8-6-2)64-50(61)28-20-16-22-36-55(37-23-24-38-56)35-21-15-19-27-49(60)63-41-48(59)54(62)34-32-46-45-30-29-42-39-43(57)31-33-52(42,3)51(45)47(58)40-53(46,54)4/h39,44-46,51,56,62H,5-38,40-41H2,1-4H3. The lowest BCUT2D eigenvalue weighted by Crippen LogP contribution is -2.61. The minimum atomic E-state index is -1.72. The van der Waals surface area contributed by atoms with Gasteiger partial charge in [-0.15, -0.1) is 0 Å². The molecule has 64 heavy (non-hydrogen) atoms. The normalized spacial score (nSPS) is 26.4. The maximum atomic E-state index is 14.0. The van der Waals surface area contributed by atoms with E-state index in [9.17, 15) is 34.2 Å². The van der Waals surface area contributed by atoms with E-state index >= 15 is 0 Å². The molecule has 0 amide bonds. The first-order valence-corrected chi connectivity index (χ1v) is 26.5. The molecule has 2 N–H and O–H groups in total. The van der Waals surface area contributed by atoms with Crippen molar-refractivity contribution in [2.24, 2.45) is 28.6 Å². The van der Waals surface area contributed by atoms with Crippen LogP contribution >= 0.6 is 0 Å². The van der Waals surface area contributed by atoms with Crippen molar-refractivity contribution in [3.05, 3.63) is 11.6 Å². The summed E-state index contributed by atoms with van der Waals surface area (Å²) >= 11 is 0. The fraction of sp³-hybridized carbons (Fsp3) is 0.870. The Kier molecular flexibility index (Phi) is 23.7. The van der Waals surface area contributed by atoms with E-state index in [1.54, 1.807) is 6.08 Å². The number of esters is 2. The Balaban J connectivity index is 1.12. The Morgan fingerprint density at radius 3 is 1.89 bits per heavy atom. The monoisotopic (exact) mass is 898 g/mol. The number of aliphatic hydroxyl groups is 2. The number of hydrogen-bond acceptors (Lipinski definition) is 10. The molecule has 10 heteroatoms. The summed E-state index contributed by atoms with van der Waals surface area (Å²) in [4.78, 5) is 68.0. The number of ether oxygens (including phenoxy) is 2. The van der Waals surface area contributed by atoms with Crippen molar-refractivity contribution in [3.8, 4) is 0 Å². The highest BCUT2D eigenvalue weighted by Crippen LogP contribution is 2.66. The van der Waals surface area contributed by atoms with Crippen LogP contribution < -0.4 is 0 Å². The van der Waals surface area contributed by atoms with Gasteiger partial charge in [-0.1, -0.05) is 110 Å². The van der Waals surface area contributed by atoms with Crippen LogP contribution in [0.2, 0.25) is 0 Å². The summed E-state index contributed by atoms with van der Waals surface area (Å²) in [6.07, 6.45) is 30.0. The zero-order chi connectivity index (χ0) is 46.4. The van der Waals surface area contributed by atoms with Gasteiger partial charge in [-0.05, 0) is 139 Å². The molecule has 0 aromatic rings. The van der Waals surface area contributed by atoms with Crippen molar-refractivity contribution in [3.63, 3.8) is 0 Å². The fourth-order valence-electron chi connectivity index (χ4n) is 12.3. The fourth-order valence-corrected chi connectivity index (χ4v) is 12.3. The second-order valence-corrected chi connectivity index (χ2v) is 21.0. The highest BCUT2D eigenvalue weighted by atomic mass is 16.5. The summed E-state index contributed by atoms with van der Waals surface area (Å²) in [7, 11) is 0. The summed E-state index contributed by atoms with van der Waals surface area (Å²) in [5.74, 6) is -0.898. The van der Waals surface area contributed by atoms with Crippen LogP contribution in [-0.4, -0.2) is 89.0 Å². The summed E-state index contributed by atoms with van der Waals surface area (Å²) < 4.78 is 11.5. The van der Waals surface area contributed by atoms with Gasteiger partial charge in [-0.2, -0.15) is 0 Å². The van der Waals surface area contributed by atoms with Crippen LogP contribution in [0.1, 0.15) is 227 Å². The first-order chi connectivity index (χ1) is 30.8. The van der Waals surface area contributed by atoms with E-state index in [0.29, 0.717) is 32.1 Å². The van der Waals surface area contributed by atoms with Crippen LogP contribution in [0.4, 0.5) is 0 Å². The Morgan fingerprint density at radius 2 is 1.28 bits per heavy atom. The number of allylic oxidation sites excluding steroid dienone is 1. The topological polar surface area (TPSA) is 148 Å². The van der Waals surface area contributed by atoms with Crippen LogP contribution in [-0.2, 0) is 33.4 Å². The van der Waals surface area contributed by atoms with E-state index in [0.717, 1.165) is 109 Å². The highest BCUT2D eigenvalue weighted by Gasteiger charge is 2.68. The van der Waals surface area contributed by atoms with Gasteiger partial charge in [0.25, 0.3) is 0 Å². The molecule has 0 spiro atoms. The molecule has 4 aliphatic rings. The van der Waals surface area contributed by atoms with Crippen molar-refractivity contribution < 1.29 is 43.7 Å². The second-order valence-electron chi connectivity index (χ2n) is 21.0. The molecule has 0 aromatic carbocycles. The average Bonchev–Trinajstić information content (AvgIpc) is 3.54. The summed E-state index contributed by atoms with van der Waals surface area (Å²) in [5.41, 5.74) is -1.87. The molecule has 0 radical (unpaired) electrons. The van der Waals surface area contributed by atoms with Gasteiger partial charge in [0.15, 0.2) is 12.4 Å². The lowest BCUT2D eigenvalue weighted by Gasteiger charge is -2.57. The van der Waals surface area contributed by atoms with E-state index < -0.39 is 29.4 Å².